The topological polar surface area (TPSA) is 29.0 Å². The second-order valence-electron chi connectivity index (χ2n) is 2.73. The number of hydrogen-bond donors (Lipinski definition) is 0. The van der Waals surface area contributed by atoms with Crippen LogP contribution in [0.2, 0.25) is 5.02 Å². The van der Waals surface area contributed by atoms with E-state index in [1.807, 2.05) is 0 Å². The largest absolute Gasteiger partial charge is 0.334 e. The number of halogens is 4. The van der Waals surface area contributed by atoms with E-state index >= 15 is 0 Å². The van der Waals surface area contributed by atoms with Gasteiger partial charge in [0.25, 0.3) is 6.43 Å². The van der Waals surface area contributed by atoms with E-state index in [4.69, 9.17) is 11.6 Å². The molecule has 0 N–H and O–H groups in total. The SMILES string of the molecule is FC(F)CN(CCBr)c1ncc(Cl)cn1. The molecule has 0 bridgehead atoms. The molecule has 0 amide bonds. The summed E-state index contributed by atoms with van der Waals surface area (Å²) in [5.41, 5.74) is 0. The molecule has 1 rings (SSSR count). The van der Waals surface area contributed by atoms with Crippen molar-refractivity contribution >= 4 is 33.5 Å². The Morgan fingerprint density at radius 1 is 1.40 bits per heavy atom. The van der Waals surface area contributed by atoms with Crippen LogP contribution in [0.1, 0.15) is 0 Å². The third-order valence-corrected chi connectivity index (χ3v) is 2.15. The van der Waals surface area contributed by atoms with Gasteiger partial charge in [-0.15, -0.1) is 0 Å². The van der Waals surface area contributed by atoms with Crippen LogP contribution >= 0.6 is 27.5 Å². The standard InChI is InChI=1S/C8H9BrClF2N3/c9-1-2-15(5-7(11)12)8-13-3-6(10)4-14-8/h3-4,7H,1-2,5H2. The van der Waals surface area contributed by atoms with Crippen LogP contribution in [0.4, 0.5) is 14.7 Å². The molecule has 0 aliphatic rings. The Bertz CT molecular complexity index is 296. The Morgan fingerprint density at radius 3 is 2.47 bits per heavy atom. The average Bonchev–Trinajstić information content (AvgIpc) is 2.17. The molecule has 0 fully saturated rings. The van der Waals surface area contributed by atoms with Crippen molar-refractivity contribution in [1.82, 2.24) is 9.97 Å². The van der Waals surface area contributed by atoms with Gasteiger partial charge >= 0.3 is 0 Å². The highest BCUT2D eigenvalue weighted by molar-refractivity contribution is 9.09. The molecule has 7 heteroatoms. The number of rotatable bonds is 5. The van der Waals surface area contributed by atoms with Gasteiger partial charge in [-0.1, -0.05) is 27.5 Å². The van der Waals surface area contributed by atoms with Crippen molar-refractivity contribution in [2.45, 2.75) is 6.43 Å². The summed E-state index contributed by atoms with van der Waals surface area (Å²) in [6.07, 6.45) is 0.357. The van der Waals surface area contributed by atoms with Gasteiger partial charge in [0.1, 0.15) is 0 Å². The highest BCUT2D eigenvalue weighted by Gasteiger charge is 2.14. The van der Waals surface area contributed by atoms with Crippen molar-refractivity contribution in [1.29, 1.82) is 0 Å². The molecule has 0 aliphatic heterocycles. The molecule has 0 spiro atoms. The average molecular weight is 301 g/mol. The summed E-state index contributed by atoms with van der Waals surface area (Å²) in [6.45, 7) is 0.0409. The van der Waals surface area contributed by atoms with Gasteiger partial charge in [0.05, 0.1) is 24.0 Å². The van der Waals surface area contributed by atoms with E-state index < -0.39 is 6.43 Å². The molecule has 1 heterocycles. The maximum atomic E-state index is 12.2. The van der Waals surface area contributed by atoms with Crippen molar-refractivity contribution in [3.8, 4) is 0 Å². The van der Waals surface area contributed by atoms with Gasteiger partial charge in [0.15, 0.2) is 0 Å². The number of hydrogen-bond acceptors (Lipinski definition) is 3. The van der Waals surface area contributed by atoms with Gasteiger partial charge in [-0.05, 0) is 0 Å². The molecule has 3 nitrogen and oxygen atoms in total. The molecule has 15 heavy (non-hydrogen) atoms. The van der Waals surface area contributed by atoms with Crippen LogP contribution in [0.25, 0.3) is 0 Å². The number of aromatic nitrogens is 2. The molecule has 1 aromatic heterocycles. The Balaban J connectivity index is 2.74. The molecular weight excluding hydrogens is 291 g/mol. The van der Waals surface area contributed by atoms with E-state index in [0.717, 1.165) is 0 Å². The second kappa shape index (κ2) is 6.17. The summed E-state index contributed by atoms with van der Waals surface area (Å²) in [7, 11) is 0. The van der Waals surface area contributed by atoms with E-state index in [1.165, 1.54) is 17.3 Å². The highest BCUT2D eigenvalue weighted by atomic mass is 79.9. The first-order valence-corrected chi connectivity index (χ1v) is 5.70. The van der Waals surface area contributed by atoms with Gasteiger partial charge in [-0.3, -0.25) is 0 Å². The van der Waals surface area contributed by atoms with Crippen LogP contribution in [-0.4, -0.2) is 34.8 Å². The van der Waals surface area contributed by atoms with Gasteiger partial charge in [0.2, 0.25) is 5.95 Å². The molecule has 0 atom stereocenters. The summed E-state index contributed by atoms with van der Waals surface area (Å²) < 4.78 is 24.5. The van der Waals surface area contributed by atoms with Gasteiger partial charge < -0.3 is 4.90 Å². The molecule has 1 aromatic rings. The van der Waals surface area contributed by atoms with E-state index in [1.54, 1.807) is 0 Å². The van der Waals surface area contributed by atoms with Crippen molar-refractivity contribution in [3.05, 3.63) is 17.4 Å². The predicted octanol–water partition coefficient (Wildman–Crippen LogP) is 2.60. The zero-order valence-electron chi connectivity index (χ0n) is 7.71. The summed E-state index contributed by atoms with van der Waals surface area (Å²) in [5, 5.41) is 0.959. The first kappa shape index (κ1) is 12.6. The predicted molar refractivity (Wildman–Crippen MR) is 59.1 cm³/mol. The maximum Gasteiger partial charge on any atom is 0.255 e. The molecule has 84 valence electrons. The van der Waals surface area contributed by atoms with Gasteiger partial charge in [0, 0.05) is 11.9 Å². The third-order valence-electron chi connectivity index (χ3n) is 1.60. The van der Waals surface area contributed by atoms with Crippen LogP contribution in [0.3, 0.4) is 0 Å². The zero-order chi connectivity index (χ0) is 11.3. The molecule has 0 aromatic carbocycles. The van der Waals surface area contributed by atoms with E-state index in [0.29, 0.717) is 16.9 Å². The Morgan fingerprint density at radius 2 is 2.00 bits per heavy atom. The van der Waals surface area contributed by atoms with Crippen LogP contribution in [-0.2, 0) is 0 Å². The minimum Gasteiger partial charge on any atom is -0.334 e. The smallest absolute Gasteiger partial charge is 0.255 e. The van der Waals surface area contributed by atoms with E-state index in [2.05, 4.69) is 25.9 Å². The lowest BCUT2D eigenvalue weighted by atomic mass is 10.5. The van der Waals surface area contributed by atoms with Gasteiger partial charge in [-0.25, -0.2) is 18.7 Å². The fraction of sp³-hybridized carbons (Fsp3) is 0.500. The summed E-state index contributed by atoms with van der Waals surface area (Å²) in [6, 6.07) is 0. The lowest BCUT2D eigenvalue weighted by Crippen LogP contribution is -2.32. The Labute approximate surface area is 99.6 Å². The quantitative estimate of drug-likeness (QED) is 0.783. The third kappa shape index (κ3) is 4.25. The normalized spacial score (nSPS) is 10.7. The summed E-state index contributed by atoms with van der Waals surface area (Å²) in [5.74, 6) is 0.263. The molecule has 0 unspecified atom stereocenters. The van der Waals surface area contributed by atoms with Crippen LogP contribution < -0.4 is 4.90 Å². The van der Waals surface area contributed by atoms with Crippen molar-refractivity contribution in [2.24, 2.45) is 0 Å². The Kier molecular flexibility index (Phi) is 5.17. The fourth-order valence-corrected chi connectivity index (χ4v) is 1.54. The van der Waals surface area contributed by atoms with E-state index in [-0.39, 0.29) is 12.5 Å². The molecular formula is C8H9BrClF2N3. The van der Waals surface area contributed by atoms with Crippen molar-refractivity contribution < 1.29 is 8.78 Å². The monoisotopic (exact) mass is 299 g/mol. The minimum atomic E-state index is -2.41. The van der Waals surface area contributed by atoms with Crippen molar-refractivity contribution in [2.75, 3.05) is 23.3 Å². The lowest BCUT2D eigenvalue weighted by molar-refractivity contribution is 0.155. The zero-order valence-corrected chi connectivity index (χ0v) is 10.0. The molecule has 0 aliphatic carbocycles. The number of nitrogens with zero attached hydrogens (tertiary/aromatic N) is 3. The molecule has 0 saturated carbocycles. The molecule has 0 radical (unpaired) electrons. The second-order valence-corrected chi connectivity index (χ2v) is 3.96. The van der Waals surface area contributed by atoms with Crippen LogP contribution in [0.15, 0.2) is 12.4 Å². The maximum absolute atomic E-state index is 12.2. The van der Waals surface area contributed by atoms with Gasteiger partial charge in [-0.2, -0.15) is 0 Å². The summed E-state index contributed by atoms with van der Waals surface area (Å²) >= 11 is 8.78. The Hall–Kier alpha value is -0.490. The summed E-state index contributed by atoms with van der Waals surface area (Å²) in [4.78, 5) is 9.16. The number of alkyl halides is 3. The highest BCUT2D eigenvalue weighted by Crippen LogP contribution is 2.12. The fourth-order valence-electron chi connectivity index (χ4n) is 1.01. The minimum absolute atomic E-state index is 0.263. The van der Waals surface area contributed by atoms with E-state index in [9.17, 15) is 8.78 Å². The van der Waals surface area contributed by atoms with Crippen LogP contribution in [0.5, 0.6) is 0 Å². The van der Waals surface area contributed by atoms with Crippen LogP contribution in [0, 0.1) is 0 Å². The first-order valence-electron chi connectivity index (χ1n) is 4.20. The number of anilines is 1. The lowest BCUT2D eigenvalue weighted by Gasteiger charge is -2.20. The first-order chi connectivity index (χ1) is 7.13. The molecule has 0 saturated heterocycles. The van der Waals surface area contributed by atoms with Crippen molar-refractivity contribution in [3.63, 3.8) is 0 Å².